The second-order valence-electron chi connectivity index (χ2n) is 4.41. The van der Waals surface area contributed by atoms with Crippen molar-refractivity contribution < 1.29 is 14.3 Å². The highest BCUT2D eigenvalue weighted by Crippen LogP contribution is 2.26. The number of nitrogen functional groups attached to an aromatic ring is 1. The molecule has 0 spiro atoms. The van der Waals surface area contributed by atoms with E-state index < -0.39 is 0 Å². The van der Waals surface area contributed by atoms with Gasteiger partial charge in [0, 0.05) is 13.1 Å². The Morgan fingerprint density at radius 2 is 1.90 bits per heavy atom. The molecule has 1 aromatic rings. The van der Waals surface area contributed by atoms with E-state index >= 15 is 0 Å². The van der Waals surface area contributed by atoms with Gasteiger partial charge in [-0.2, -0.15) is 0 Å². The molecule has 0 aliphatic heterocycles. The van der Waals surface area contributed by atoms with Gasteiger partial charge in [-0.05, 0) is 32.9 Å². The number of anilines is 1. The van der Waals surface area contributed by atoms with Gasteiger partial charge in [0.15, 0.2) is 5.75 Å². The number of para-hydroxylation sites is 1. The average Bonchev–Trinajstić information content (AvgIpc) is 2.48. The van der Waals surface area contributed by atoms with Crippen molar-refractivity contribution in [2.24, 2.45) is 0 Å². The molecule has 6 heteroatoms. The summed E-state index contributed by atoms with van der Waals surface area (Å²) in [5.74, 6) is -0.130. The lowest BCUT2D eigenvalue weighted by molar-refractivity contribution is -0.129. The molecule has 0 unspecified atom stereocenters. The minimum Gasteiger partial charge on any atom is -0.491 e. The Kier molecular flexibility index (Phi) is 6.52. The molecule has 0 aliphatic rings. The van der Waals surface area contributed by atoms with Crippen molar-refractivity contribution in [3.8, 4) is 5.75 Å². The van der Waals surface area contributed by atoms with Gasteiger partial charge < -0.3 is 20.7 Å². The predicted octanol–water partition coefficient (Wildman–Crippen LogP) is 1.27. The largest absolute Gasteiger partial charge is 0.491 e. The van der Waals surface area contributed by atoms with Crippen molar-refractivity contribution >= 4 is 17.5 Å². The van der Waals surface area contributed by atoms with Gasteiger partial charge in [0.2, 0.25) is 5.91 Å². The van der Waals surface area contributed by atoms with Crippen LogP contribution in [0, 0.1) is 0 Å². The van der Waals surface area contributed by atoms with Crippen molar-refractivity contribution in [3.05, 3.63) is 23.8 Å². The highest BCUT2D eigenvalue weighted by atomic mass is 16.5. The minimum atomic E-state index is -0.369. The zero-order chi connectivity index (χ0) is 15.8. The predicted molar refractivity (Wildman–Crippen MR) is 82.3 cm³/mol. The first-order valence-electron chi connectivity index (χ1n) is 7.12. The van der Waals surface area contributed by atoms with Gasteiger partial charge in [-0.1, -0.05) is 6.07 Å². The monoisotopic (exact) mass is 293 g/mol. The fourth-order valence-electron chi connectivity index (χ4n) is 1.98. The van der Waals surface area contributed by atoms with Crippen LogP contribution < -0.4 is 15.8 Å². The van der Waals surface area contributed by atoms with Gasteiger partial charge in [0.05, 0.1) is 24.4 Å². The lowest BCUT2D eigenvalue weighted by Gasteiger charge is -2.19. The SMILES string of the molecule is CCOc1c(N)cccc1C(=O)NCC(=O)N(CC)CC. The number of nitrogens with one attached hydrogen (secondary N) is 1. The standard InChI is InChI=1S/C15H23N3O3/c1-4-18(5-2)13(19)10-17-15(20)11-8-7-9-12(16)14(11)21-6-3/h7-9H,4-6,10,16H2,1-3H3,(H,17,20). The summed E-state index contributed by atoms with van der Waals surface area (Å²) in [7, 11) is 0. The first-order valence-corrected chi connectivity index (χ1v) is 7.12. The molecule has 0 aromatic heterocycles. The fraction of sp³-hybridized carbons (Fsp3) is 0.467. The van der Waals surface area contributed by atoms with Crippen LogP contribution in [0.2, 0.25) is 0 Å². The molecule has 1 aromatic carbocycles. The Hall–Kier alpha value is -2.24. The van der Waals surface area contributed by atoms with Gasteiger partial charge in [0.1, 0.15) is 0 Å². The Labute approximate surface area is 125 Å². The number of hydrogen-bond acceptors (Lipinski definition) is 4. The Morgan fingerprint density at radius 3 is 2.48 bits per heavy atom. The van der Waals surface area contributed by atoms with Crippen LogP contribution in [-0.4, -0.2) is 43.0 Å². The van der Waals surface area contributed by atoms with Crippen LogP contribution in [0.3, 0.4) is 0 Å². The van der Waals surface area contributed by atoms with E-state index in [2.05, 4.69) is 5.32 Å². The molecule has 116 valence electrons. The summed E-state index contributed by atoms with van der Waals surface area (Å²) in [4.78, 5) is 25.7. The normalized spacial score (nSPS) is 10.0. The third-order valence-corrected chi connectivity index (χ3v) is 3.10. The summed E-state index contributed by atoms with van der Waals surface area (Å²) >= 11 is 0. The van der Waals surface area contributed by atoms with E-state index in [1.165, 1.54) is 0 Å². The lowest BCUT2D eigenvalue weighted by Crippen LogP contribution is -2.40. The number of hydrogen-bond donors (Lipinski definition) is 2. The molecule has 0 atom stereocenters. The molecule has 0 bridgehead atoms. The molecular formula is C15H23N3O3. The number of carbonyl (C=O) groups excluding carboxylic acids is 2. The van der Waals surface area contributed by atoms with Crippen LogP contribution in [0.5, 0.6) is 5.75 Å². The van der Waals surface area contributed by atoms with Crippen LogP contribution in [-0.2, 0) is 4.79 Å². The molecule has 0 heterocycles. The summed E-state index contributed by atoms with van der Waals surface area (Å²) in [6, 6.07) is 4.97. The molecule has 6 nitrogen and oxygen atoms in total. The van der Waals surface area contributed by atoms with Crippen molar-refractivity contribution in [2.45, 2.75) is 20.8 Å². The molecule has 1 rings (SSSR count). The van der Waals surface area contributed by atoms with Gasteiger partial charge in [-0.3, -0.25) is 9.59 Å². The van der Waals surface area contributed by atoms with Crippen molar-refractivity contribution in [1.29, 1.82) is 0 Å². The maximum absolute atomic E-state index is 12.2. The van der Waals surface area contributed by atoms with Gasteiger partial charge in [-0.15, -0.1) is 0 Å². The molecule has 3 N–H and O–H groups in total. The first-order chi connectivity index (χ1) is 10.0. The number of likely N-dealkylation sites (N-methyl/N-ethyl adjacent to an activating group) is 1. The molecule has 0 radical (unpaired) electrons. The van der Waals surface area contributed by atoms with Crippen molar-refractivity contribution in [3.63, 3.8) is 0 Å². The van der Waals surface area contributed by atoms with Gasteiger partial charge >= 0.3 is 0 Å². The van der Waals surface area contributed by atoms with Crippen molar-refractivity contribution in [1.82, 2.24) is 10.2 Å². The maximum atomic E-state index is 12.2. The van der Waals surface area contributed by atoms with Crippen LogP contribution in [0.15, 0.2) is 18.2 Å². The van der Waals surface area contributed by atoms with Crippen LogP contribution in [0.4, 0.5) is 5.69 Å². The topological polar surface area (TPSA) is 84.7 Å². The molecule has 2 amide bonds. The summed E-state index contributed by atoms with van der Waals surface area (Å²) < 4.78 is 5.40. The molecule has 0 saturated heterocycles. The van der Waals surface area contributed by atoms with E-state index in [9.17, 15) is 9.59 Å². The van der Waals surface area contributed by atoms with E-state index in [0.29, 0.717) is 36.7 Å². The Morgan fingerprint density at radius 1 is 1.24 bits per heavy atom. The summed E-state index contributed by atoms with van der Waals surface area (Å²) in [6.45, 7) is 7.22. The van der Waals surface area contributed by atoms with Crippen LogP contribution >= 0.6 is 0 Å². The van der Waals surface area contributed by atoms with Crippen molar-refractivity contribution in [2.75, 3.05) is 32.0 Å². The summed E-state index contributed by atoms with van der Waals surface area (Å²) in [5, 5.41) is 2.61. The number of ether oxygens (including phenoxy) is 1. The number of nitrogens with zero attached hydrogens (tertiary/aromatic N) is 1. The van der Waals surface area contributed by atoms with E-state index in [4.69, 9.17) is 10.5 Å². The van der Waals surface area contributed by atoms with Gasteiger partial charge in [-0.25, -0.2) is 0 Å². The quantitative estimate of drug-likeness (QED) is 0.741. The van der Waals surface area contributed by atoms with E-state index in [-0.39, 0.29) is 18.4 Å². The number of carbonyl (C=O) groups is 2. The maximum Gasteiger partial charge on any atom is 0.255 e. The first kappa shape index (κ1) is 16.8. The second-order valence-corrected chi connectivity index (χ2v) is 4.41. The molecular weight excluding hydrogens is 270 g/mol. The van der Waals surface area contributed by atoms with Crippen LogP contribution in [0.1, 0.15) is 31.1 Å². The lowest BCUT2D eigenvalue weighted by atomic mass is 10.1. The third kappa shape index (κ3) is 4.37. The number of nitrogens with two attached hydrogens (primary N) is 1. The zero-order valence-electron chi connectivity index (χ0n) is 12.8. The average molecular weight is 293 g/mol. The fourth-order valence-corrected chi connectivity index (χ4v) is 1.98. The highest BCUT2D eigenvalue weighted by molar-refractivity contribution is 6.00. The molecule has 21 heavy (non-hydrogen) atoms. The van der Waals surface area contributed by atoms with E-state index in [1.54, 1.807) is 23.1 Å². The summed E-state index contributed by atoms with van der Waals surface area (Å²) in [6.07, 6.45) is 0. The molecule has 0 aliphatic carbocycles. The summed E-state index contributed by atoms with van der Waals surface area (Å²) in [5.41, 5.74) is 6.55. The number of benzene rings is 1. The smallest absolute Gasteiger partial charge is 0.255 e. The number of rotatable bonds is 7. The molecule has 0 fully saturated rings. The van der Waals surface area contributed by atoms with E-state index in [0.717, 1.165) is 0 Å². The molecule has 0 saturated carbocycles. The Balaban J connectivity index is 2.76. The second kappa shape index (κ2) is 8.14. The third-order valence-electron chi connectivity index (χ3n) is 3.10. The van der Waals surface area contributed by atoms with E-state index in [1.807, 2.05) is 20.8 Å². The van der Waals surface area contributed by atoms with Gasteiger partial charge in [0.25, 0.3) is 5.91 Å². The van der Waals surface area contributed by atoms with Crippen LogP contribution in [0.25, 0.3) is 0 Å². The minimum absolute atomic E-state index is 0.0408. The number of amides is 2. The Bertz CT molecular complexity index is 499. The highest BCUT2D eigenvalue weighted by Gasteiger charge is 2.17. The zero-order valence-corrected chi connectivity index (χ0v) is 12.8.